The summed E-state index contributed by atoms with van der Waals surface area (Å²) in [6, 6.07) is 14.1. The zero-order valence-corrected chi connectivity index (χ0v) is 12.4. The molecule has 2 aromatic carbocycles. The minimum atomic E-state index is -0.0201. The fourth-order valence-corrected chi connectivity index (χ4v) is 2.60. The number of aryl methyl sites for hydroxylation is 1. The first-order valence-corrected chi connectivity index (χ1v) is 7.23. The van der Waals surface area contributed by atoms with Gasteiger partial charge in [0.15, 0.2) is 0 Å². The van der Waals surface area contributed by atoms with Gasteiger partial charge in [-0.05, 0) is 47.4 Å². The number of halogens is 1. The van der Waals surface area contributed by atoms with Gasteiger partial charge in [0.05, 0.1) is 5.71 Å². The monoisotopic (exact) mass is 298 g/mol. The average Bonchev–Trinajstić information content (AvgIpc) is 2.49. The summed E-state index contributed by atoms with van der Waals surface area (Å²) >= 11 is 5.93. The first kappa shape index (κ1) is 13.8. The summed E-state index contributed by atoms with van der Waals surface area (Å²) < 4.78 is 0. The lowest BCUT2D eigenvalue weighted by atomic mass is 9.95. The van der Waals surface area contributed by atoms with Crippen LogP contribution < -0.4 is 5.43 Å². The minimum Gasteiger partial charge on any atom is -0.273 e. The highest BCUT2D eigenvalue weighted by Gasteiger charge is 2.14. The van der Waals surface area contributed by atoms with Gasteiger partial charge in [-0.2, -0.15) is 5.10 Å². The molecule has 106 valence electrons. The van der Waals surface area contributed by atoms with Gasteiger partial charge in [-0.25, -0.2) is 5.43 Å². The van der Waals surface area contributed by atoms with Gasteiger partial charge in [0, 0.05) is 17.9 Å². The van der Waals surface area contributed by atoms with Gasteiger partial charge in [0.1, 0.15) is 0 Å². The Morgan fingerprint density at radius 1 is 1.05 bits per heavy atom. The van der Waals surface area contributed by atoms with E-state index in [-0.39, 0.29) is 5.91 Å². The number of nitrogens with one attached hydrogen (secondary N) is 1. The topological polar surface area (TPSA) is 41.5 Å². The van der Waals surface area contributed by atoms with Crippen LogP contribution in [-0.2, 0) is 4.79 Å². The fourth-order valence-electron chi connectivity index (χ4n) is 2.48. The molecular formula is C17H15ClN2O. The quantitative estimate of drug-likeness (QED) is 0.897. The molecular weight excluding hydrogens is 284 g/mol. The summed E-state index contributed by atoms with van der Waals surface area (Å²) in [4.78, 5) is 11.1. The number of amides is 1. The van der Waals surface area contributed by atoms with Crippen molar-refractivity contribution >= 4 is 23.2 Å². The molecule has 1 aliphatic heterocycles. The molecule has 3 rings (SSSR count). The standard InChI is InChI=1S/C17H15ClN2O/c1-11-10-13(16-8-9-17(21)20-19-16)4-7-15(11)12-2-5-14(18)6-3-12/h2-7,10H,8-9H2,1H3,(H,20,21). The van der Waals surface area contributed by atoms with E-state index in [4.69, 9.17) is 11.6 Å². The Balaban J connectivity index is 1.93. The van der Waals surface area contributed by atoms with Crippen molar-refractivity contribution in [2.24, 2.45) is 5.10 Å². The zero-order chi connectivity index (χ0) is 14.8. The van der Waals surface area contributed by atoms with E-state index >= 15 is 0 Å². The third-order valence-electron chi connectivity index (χ3n) is 3.62. The van der Waals surface area contributed by atoms with Crippen molar-refractivity contribution in [2.45, 2.75) is 19.8 Å². The van der Waals surface area contributed by atoms with Crippen LogP contribution in [0.5, 0.6) is 0 Å². The van der Waals surface area contributed by atoms with Crippen LogP contribution >= 0.6 is 11.6 Å². The molecule has 0 aliphatic carbocycles. The van der Waals surface area contributed by atoms with Gasteiger partial charge in [-0.15, -0.1) is 0 Å². The third-order valence-corrected chi connectivity index (χ3v) is 3.87. The predicted molar refractivity (Wildman–Crippen MR) is 85.5 cm³/mol. The maximum absolute atomic E-state index is 11.1. The average molecular weight is 299 g/mol. The summed E-state index contributed by atoms with van der Waals surface area (Å²) in [7, 11) is 0. The molecule has 0 unspecified atom stereocenters. The summed E-state index contributed by atoms with van der Waals surface area (Å²) in [6.07, 6.45) is 1.18. The molecule has 0 bridgehead atoms. The van der Waals surface area contributed by atoms with Crippen LogP contribution in [0.1, 0.15) is 24.0 Å². The molecule has 4 heteroatoms. The number of hydrazone groups is 1. The normalized spacial score (nSPS) is 14.6. The first-order chi connectivity index (χ1) is 10.1. The summed E-state index contributed by atoms with van der Waals surface area (Å²) in [5.74, 6) is -0.0201. The van der Waals surface area contributed by atoms with Gasteiger partial charge < -0.3 is 0 Å². The van der Waals surface area contributed by atoms with E-state index in [1.165, 1.54) is 11.1 Å². The van der Waals surface area contributed by atoms with E-state index < -0.39 is 0 Å². The smallest absolute Gasteiger partial charge is 0.240 e. The van der Waals surface area contributed by atoms with Crippen LogP contribution in [0.2, 0.25) is 5.02 Å². The summed E-state index contributed by atoms with van der Waals surface area (Å²) in [5, 5.41) is 4.87. The lowest BCUT2D eigenvalue weighted by molar-refractivity contribution is -0.121. The summed E-state index contributed by atoms with van der Waals surface area (Å²) in [6.45, 7) is 2.08. The number of hydrogen-bond donors (Lipinski definition) is 1. The van der Waals surface area contributed by atoms with E-state index in [2.05, 4.69) is 29.6 Å². The Morgan fingerprint density at radius 3 is 2.38 bits per heavy atom. The molecule has 0 saturated heterocycles. The Bertz CT molecular complexity index is 720. The Kier molecular flexibility index (Phi) is 3.76. The molecule has 0 saturated carbocycles. The molecule has 1 amide bonds. The molecule has 21 heavy (non-hydrogen) atoms. The van der Waals surface area contributed by atoms with Gasteiger partial charge >= 0.3 is 0 Å². The van der Waals surface area contributed by atoms with Crippen molar-refractivity contribution in [3.8, 4) is 11.1 Å². The van der Waals surface area contributed by atoms with Crippen LogP contribution in [0.4, 0.5) is 0 Å². The predicted octanol–water partition coefficient (Wildman–Crippen LogP) is 3.93. The van der Waals surface area contributed by atoms with Crippen LogP contribution in [0.3, 0.4) is 0 Å². The molecule has 1 aliphatic rings. The van der Waals surface area contributed by atoms with Gasteiger partial charge in [-0.1, -0.05) is 35.9 Å². The zero-order valence-electron chi connectivity index (χ0n) is 11.7. The highest BCUT2D eigenvalue weighted by Crippen LogP contribution is 2.26. The molecule has 2 aromatic rings. The van der Waals surface area contributed by atoms with Crippen molar-refractivity contribution in [1.82, 2.24) is 5.43 Å². The number of rotatable bonds is 2. The Labute approximate surface area is 128 Å². The fraction of sp³-hybridized carbons (Fsp3) is 0.176. The molecule has 0 aromatic heterocycles. The van der Waals surface area contributed by atoms with Crippen molar-refractivity contribution in [3.63, 3.8) is 0 Å². The maximum atomic E-state index is 11.1. The van der Waals surface area contributed by atoms with Crippen molar-refractivity contribution in [2.75, 3.05) is 0 Å². The highest BCUT2D eigenvalue weighted by atomic mass is 35.5. The maximum Gasteiger partial charge on any atom is 0.240 e. The summed E-state index contributed by atoms with van der Waals surface area (Å²) in [5.41, 5.74) is 8.02. The van der Waals surface area contributed by atoms with Crippen LogP contribution in [0, 0.1) is 6.92 Å². The largest absolute Gasteiger partial charge is 0.273 e. The molecule has 3 nitrogen and oxygen atoms in total. The van der Waals surface area contributed by atoms with Crippen molar-refractivity contribution < 1.29 is 4.79 Å². The first-order valence-electron chi connectivity index (χ1n) is 6.86. The van der Waals surface area contributed by atoms with E-state index in [0.717, 1.165) is 21.9 Å². The molecule has 1 heterocycles. The Hall–Kier alpha value is -2.13. The lowest BCUT2D eigenvalue weighted by Gasteiger charge is -2.14. The number of nitrogens with zero attached hydrogens (tertiary/aromatic N) is 1. The second-order valence-electron chi connectivity index (χ2n) is 5.13. The number of benzene rings is 2. The third kappa shape index (κ3) is 2.98. The second-order valence-corrected chi connectivity index (χ2v) is 5.57. The number of carbonyl (C=O) groups excluding carboxylic acids is 1. The molecule has 0 radical (unpaired) electrons. The van der Waals surface area contributed by atoms with Crippen molar-refractivity contribution in [1.29, 1.82) is 0 Å². The minimum absolute atomic E-state index is 0.0201. The van der Waals surface area contributed by atoms with E-state index in [1.54, 1.807) is 0 Å². The van der Waals surface area contributed by atoms with Gasteiger partial charge in [0.25, 0.3) is 0 Å². The SMILES string of the molecule is Cc1cc(C2=NNC(=O)CC2)ccc1-c1ccc(Cl)cc1. The highest BCUT2D eigenvalue weighted by molar-refractivity contribution is 6.30. The molecule has 0 atom stereocenters. The molecule has 0 spiro atoms. The lowest BCUT2D eigenvalue weighted by Crippen LogP contribution is -2.25. The molecule has 1 N–H and O–H groups in total. The van der Waals surface area contributed by atoms with Crippen LogP contribution in [0.15, 0.2) is 47.6 Å². The van der Waals surface area contributed by atoms with Crippen LogP contribution in [-0.4, -0.2) is 11.6 Å². The second kappa shape index (κ2) is 5.70. The Morgan fingerprint density at radius 2 is 1.76 bits per heavy atom. The molecule has 0 fully saturated rings. The van der Waals surface area contributed by atoms with Gasteiger partial charge in [0.2, 0.25) is 5.91 Å². The van der Waals surface area contributed by atoms with E-state index in [9.17, 15) is 4.79 Å². The van der Waals surface area contributed by atoms with E-state index in [0.29, 0.717) is 12.8 Å². The number of carbonyl (C=O) groups is 1. The van der Waals surface area contributed by atoms with Crippen molar-refractivity contribution in [3.05, 3.63) is 58.6 Å². The number of hydrogen-bond acceptors (Lipinski definition) is 2. The van der Waals surface area contributed by atoms with E-state index in [1.807, 2.05) is 30.3 Å². The van der Waals surface area contributed by atoms with Crippen LogP contribution in [0.25, 0.3) is 11.1 Å². The van der Waals surface area contributed by atoms with Gasteiger partial charge in [-0.3, -0.25) is 4.79 Å².